The molecule has 0 aromatic carbocycles. The Bertz CT molecular complexity index is 271. The van der Waals surface area contributed by atoms with Crippen molar-refractivity contribution in [1.82, 2.24) is 0 Å². The van der Waals surface area contributed by atoms with Gasteiger partial charge in [-0.2, -0.15) is 0 Å². The van der Waals surface area contributed by atoms with Crippen LogP contribution in [0.2, 0.25) is 0 Å². The van der Waals surface area contributed by atoms with Crippen molar-refractivity contribution < 1.29 is 33.6 Å². The van der Waals surface area contributed by atoms with Crippen LogP contribution in [0, 0.1) is 0 Å². The second kappa shape index (κ2) is 5.06. The van der Waals surface area contributed by atoms with Crippen molar-refractivity contribution in [2.45, 2.75) is 18.9 Å². The van der Waals surface area contributed by atoms with E-state index in [0.29, 0.717) is 0 Å². The minimum Gasteiger partial charge on any atom is -0.480 e. The van der Waals surface area contributed by atoms with Gasteiger partial charge in [-0.05, 0) is 6.42 Å². The standard InChI is InChI=1S/C5H10NO7P/c6-3(5(8)9)1-2-4(7)13-14(10,11)12/h3H,1-2,6H2,(H,8,9)(H2,10,11,12)/t3-/m1/s1. The molecule has 0 radical (unpaired) electrons. The van der Waals surface area contributed by atoms with Crippen molar-refractivity contribution in [3.63, 3.8) is 0 Å². The number of carbonyl (C=O) groups is 2. The zero-order chi connectivity index (χ0) is 11.4. The highest BCUT2D eigenvalue weighted by Crippen LogP contribution is 2.36. The summed E-state index contributed by atoms with van der Waals surface area (Å²) >= 11 is 0. The van der Waals surface area contributed by atoms with Crippen molar-refractivity contribution in [2.24, 2.45) is 5.73 Å². The third-order valence-corrected chi connectivity index (χ3v) is 1.64. The molecule has 14 heavy (non-hydrogen) atoms. The number of nitrogens with two attached hydrogens (primary N) is 1. The maximum Gasteiger partial charge on any atom is 0.526 e. The Labute approximate surface area is 78.9 Å². The molecule has 1 atom stereocenters. The summed E-state index contributed by atoms with van der Waals surface area (Å²) in [6.07, 6.45) is -0.702. The maximum absolute atomic E-state index is 10.6. The largest absolute Gasteiger partial charge is 0.526 e. The molecular weight excluding hydrogens is 217 g/mol. The smallest absolute Gasteiger partial charge is 0.480 e. The molecule has 82 valence electrons. The van der Waals surface area contributed by atoms with Gasteiger partial charge in [0.1, 0.15) is 6.04 Å². The number of rotatable bonds is 5. The quantitative estimate of drug-likeness (QED) is 0.428. The van der Waals surface area contributed by atoms with Gasteiger partial charge in [0.15, 0.2) is 0 Å². The molecule has 0 bridgehead atoms. The summed E-state index contributed by atoms with van der Waals surface area (Å²) in [5, 5.41) is 8.30. The van der Waals surface area contributed by atoms with Crippen molar-refractivity contribution in [1.29, 1.82) is 0 Å². The highest BCUT2D eigenvalue weighted by molar-refractivity contribution is 7.46. The molecule has 0 spiro atoms. The molecule has 0 amide bonds. The molecule has 0 aliphatic heterocycles. The van der Waals surface area contributed by atoms with Crippen LogP contribution in [0.5, 0.6) is 0 Å². The molecular formula is C5H10NO7P. The minimum atomic E-state index is -4.84. The number of aliphatic carboxylic acids is 1. The molecule has 0 aromatic rings. The molecule has 0 saturated carbocycles. The van der Waals surface area contributed by atoms with Crippen LogP contribution in [0.3, 0.4) is 0 Å². The SMILES string of the molecule is N[C@H](CCC(=O)OP(=O)(O)O)C(=O)O. The summed E-state index contributed by atoms with van der Waals surface area (Å²) in [7, 11) is -4.84. The maximum atomic E-state index is 10.6. The van der Waals surface area contributed by atoms with Crippen LogP contribution in [0.4, 0.5) is 0 Å². The first-order valence-corrected chi connectivity index (χ1v) is 5.02. The molecule has 5 N–H and O–H groups in total. The molecule has 0 fully saturated rings. The fourth-order valence-corrected chi connectivity index (χ4v) is 0.932. The lowest BCUT2D eigenvalue weighted by molar-refractivity contribution is -0.139. The van der Waals surface area contributed by atoms with Crippen LogP contribution in [-0.2, 0) is 18.7 Å². The van der Waals surface area contributed by atoms with Crippen molar-refractivity contribution in [2.75, 3.05) is 0 Å². The zero-order valence-electron chi connectivity index (χ0n) is 6.99. The predicted octanol–water partition coefficient (Wildman–Crippen LogP) is -1.19. The normalized spacial score (nSPS) is 13.4. The molecule has 8 nitrogen and oxygen atoms in total. The van der Waals surface area contributed by atoms with Gasteiger partial charge in [-0.15, -0.1) is 0 Å². The van der Waals surface area contributed by atoms with Gasteiger partial charge in [0, 0.05) is 6.42 Å². The van der Waals surface area contributed by atoms with E-state index in [4.69, 9.17) is 20.6 Å². The molecule has 0 heterocycles. The van der Waals surface area contributed by atoms with Crippen LogP contribution < -0.4 is 5.73 Å². The lowest BCUT2D eigenvalue weighted by Crippen LogP contribution is -2.30. The van der Waals surface area contributed by atoms with Crippen molar-refractivity contribution >= 4 is 19.8 Å². The number of phosphoric ester groups is 1. The van der Waals surface area contributed by atoms with E-state index < -0.39 is 32.2 Å². The average Bonchev–Trinajstić information content (AvgIpc) is 1.96. The second-order valence-electron chi connectivity index (χ2n) is 2.44. The third kappa shape index (κ3) is 6.55. The highest BCUT2D eigenvalue weighted by atomic mass is 31.2. The Balaban J connectivity index is 3.87. The number of carbonyl (C=O) groups excluding carboxylic acids is 1. The lowest BCUT2D eigenvalue weighted by Gasteiger charge is -2.06. The molecule has 0 rings (SSSR count). The predicted molar refractivity (Wildman–Crippen MR) is 43.0 cm³/mol. The van der Waals surface area contributed by atoms with E-state index in [1.165, 1.54) is 0 Å². The summed E-state index contributed by atoms with van der Waals surface area (Å²) < 4.78 is 13.8. The molecule has 0 aliphatic carbocycles. The first kappa shape index (κ1) is 13.1. The van der Waals surface area contributed by atoms with Crippen LogP contribution in [0.25, 0.3) is 0 Å². The van der Waals surface area contributed by atoms with E-state index in [1.807, 2.05) is 0 Å². The van der Waals surface area contributed by atoms with Crippen LogP contribution in [-0.4, -0.2) is 32.9 Å². The van der Waals surface area contributed by atoms with Crippen LogP contribution in [0.1, 0.15) is 12.8 Å². The molecule has 0 saturated heterocycles. The number of carboxylic acid groups (broad SMARTS) is 1. The average molecular weight is 227 g/mol. The first-order valence-electron chi connectivity index (χ1n) is 3.48. The fraction of sp³-hybridized carbons (Fsp3) is 0.600. The van der Waals surface area contributed by atoms with Crippen molar-refractivity contribution in [3.8, 4) is 0 Å². The van der Waals surface area contributed by atoms with Gasteiger partial charge in [0.25, 0.3) is 0 Å². The van der Waals surface area contributed by atoms with E-state index in [2.05, 4.69) is 4.52 Å². The van der Waals surface area contributed by atoms with Crippen molar-refractivity contribution in [3.05, 3.63) is 0 Å². The number of hydrogen-bond acceptors (Lipinski definition) is 5. The van der Waals surface area contributed by atoms with Crippen LogP contribution >= 0.6 is 7.82 Å². The Hall–Kier alpha value is -0.950. The van der Waals surface area contributed by atoms with E-state index in [1.54, 1.807) is 0 Å². The highest BCUT2D eigenvalue weighted by Gasteiger charge is 2.21. The third-order valence-electron chi connectivity index (χ3n) is 1.20. The van der Waals surface area contributed by atoms with Gasteiger partial charge in [0.05, 0.1) is 0 Å². The molecule has 0 unspecified atom stereocenters. The summed E-state index contributed by atoms with van der Waals surface area (Å²) in [4.78, 5) is 37.2. The lowest BCUT2D eigenvalue weighted by atomic mass is 10.2. The van der Waals surface area contributed by atoms with E-state index in [9.17, 15) is 14.2 Å². The van der Waals surface area contributed by atoms with Gasteiger partial charge in [-0.1, -0.05) is 0 Å². The molecule has 9 heteroatoms. The molecule has 0 aliphatic rings. The van der Waals surface area contributed by atoms with Crippen LogP contribution in [0.15, 0.2) is 0 Å². The number of hydrogen-bond donors (Lipinski definition) is 4. The van der Waals surface area contributed by atoms with E-state index >= 15 is 0 Å². The van der Waals surface area contributed by atoms with E-state index in [-0.39, 0.29) is 6.42 Å². The summed E-state index contributed by atoms with van der Waals surface area (Å²) in [5.41, 5.74) is 5.03. The van der Waals surface area contributed by atoms with Gasteiger partial charge in [-0.25, -0.2) is 4.57 Å². The second-order valence-corrected chi connectivity index (χ2v) is 3.60. The summed E-state index contributed by atoms with van der Waals surface area (Å²) in [5.74, 6) is -2.48. The zero-order valence-corrected chi connectivity index (χ0v) is 7.89. The number of phosphoric acid groups is 1. The Kier molecular flexibility index (Phi) is 4.72. The van der Waals surface area contributed by atoms with E-state index in [0.717, 1.165) is 0 Å². The topological polar surface area (TPSA) is 147 Å². The Morgan fingerprint density at radius 1 is 1.43 bits per heavy atom. The number of carboxylic acids is 1. The Morgan fingerprint density at radius 2 is 1.93 bits per heavy atom. The first-order chi connectivity index (χ1) is 6.22. The van der Waals surface area contributed by atoms with Gasteiger partial charge >= 0.3 is 19.8 Å². The summed E-state index contributed by atoms with van der Waals surface area (Å²) in [6, 6.07) is -1.25. The summed E-state index contributed by atoms with van der Waals surface area (Å²) in [6.45, 7) is 0. The Morgan fingerprint density at radius 3 is 2.29 bits per heavy atom. The van der Waals surface area contributed by atoms with Gasteiger partial charge in [0.2, 0.25) is 0 Å². The minimum absolute atomic E-state index is 0.242. The fourth-order valence-electron chi connectivity index (χ4n) is 0.575. The monoisotopic (exact) mass is 227 g/mol. The van der Waals surface area contributed by atoms with Gasteiger partial charge in [-0.3, -0.25) is 19.4 Å². The molecule has 0 aromatic heterocycles. The van der Waals surface area contributed by atoms with Gasteiger partial charge < -0.3 is 15.4 Å².